The molecule has 0 saturated heterocycles. The molecule has 0 atom stereocenters. The van der Waals surface area contributed by atoms with Gasteiger partial charge in [-0.3, -0.25) is 4.79 Å². The molecule has 1 amide bonds. The van der Waals surface area contributed by atoms with Crippen molar-refractivity contribution in [1.29, 1.82) is 0 Å². The SMILES string of the molecule is CCC(=O)Nc1ccccc1COc1ccc(CC)cc1C(F)(F)F. The van der Waals surface area contributed by atoms with Crippen LogP contribution < -0.4 is 10.1 Å². The van der Waals surface area contributed by atoms with Crippen molar-refractivity contribution in [2.24, 2.45) is 0 Å². The molecule has 0 radical (unpaired) electrons. The first kappa shape index (κ1) is 18.8. The molecule has 3 nitrogen and oxygen atoms in total. The zero-order valence-electron chi connectivity index (χ0n) is 14.1. The summed E-state index contributed by atoms with van der Waals surface area (Å²) in [7, 11) is 0. The number of aryl methyl sites for hydroxylation is 1. The first-order valence-corrected chi connectivity index (χ1v) is 8.05. The van der Waals surface area contributed by atoms with Crippen LogP contribution in [-0.2, 0) is 24.0 Å². The molecule has 2 rings (SSSR count). The molecule has 0 saturated carbocycles. The highest BCUT2D eigenvalue weighted by Gasteiger charge is 2.34. The highest BCUT2D eigenvalue weighted by molar-refractivity contribution is 5.91. The molecule has 25 heavy (non-hydrogen) atoms. The van der Waals surface area contributed by atoms with E-state index in [2.05, 4.69) is 5.32 Å². The average Bonchev–Trinajstić information content (AvgIpc) is 2.60. The van der Waals surface area contributed by atoms with Crippen molar-refractivity contribution < 1.29 is 22.7 Å². The summed E-state index contributed by atoms with van der Waals surface area (Å²) in [6, 6.07) is 11.0. The van der Waals surface area contributed by atoms with Gasteiger partial charge < -0.3 is 10.1 Å². The number of ether oxygens (including phenoxy) is 1. The van der Waals surface area contributed by atoms with E-state index in [-0.39, 0.29) is 18.3 Å². The van der Waals surface area contributed by atoms with Gasteiger partial charge >= 0.3 is 6.18 Å². The fourth-order valence-electron chi connectivity index (χ4n) is 2.31. The summed E-state index contributed by atoms with van der Waals surface area (Å²) in [5, 5.41) is 2.72. The van der Waals surface area contributed by atoms with E-state index in [1.165, 1.54) is 6.07 Å². The molecule has 0 aliphatic carbocycles. The average molecular weight is 351 g/mol. The second kappa shape index (κ2) is 8.05. The summed E-state index contributed by atoms with van der Waals surface area (Å²) in [5.74, 6) is -0.392. The molecule has 0 heterocycles. The number of carbonyl (C=O) groups is 1. The lowest BCUT2D eigenvalue weighted by Crippen LogP contribution is -2.13. The van der Waals surface area contributed by atoms with Gasteiger partial charge in [0.25, 0.3) is 0 Å². The van der Waals surface area contributed by atoms with E-state index in [0.29, 0.717) is 29.7 Å². The van der Waals surface area contributed by atoms with Gasteiger partial charge in [0, 0.05) is 17.7 Å². The maximum absolute atomic E-state index is 13.3. The summed E-state index contributed by atoms with van der Waals surface area (Å²) in [6.45, 7) is 3.44. The molecule has 1 N–H and O–H groups in total. The largest absolute Gasteiger partial charge is 0.488 e. The molecule has 0 bridgehead atoms. The third-order valence-corrected chi connectivity index (χ3v) is 3.75. The standard InChI is InChI=1S/C19H20F3NO2/c1-3-13-9-10-17(15(11-13)19(20,21)22)25-12-14-7-5-6-8-16(14)23-18(24)4-2/h5-11H,3-4,12H2,1-2H3,(H,23,24). The van der Waals surface area contributed by atoms with E-state index in [9.17, 15) is 18.0 Å². The van der Waals surface area contributed by atoms with Crippen molar-refractivity contribution in [3.05, 3.63) is 59.2 Å². The van der Waals surface area contributed by atoms with Gasteiger partial charge in [-0.15, -0.1) is 0 Å². The smallest absolute Gasteiger partial charge is 0.419 e. The molecule has 0 spiro atoms. The second-order valence-electron chi connectivity index (χ2n) is 5.53. The fourth-order valence-corrected chi connectivity index (χ4v) is 2.31. The number of halogens is 3. The quantitative estimate of drug-likeness (QED) is 0.777. The molecule has 0 fully saturated rings. The summed E-state index contributed by atoms with van der Waals surface area (Å²) < 4.78 is 45.2. The Balaban J connectivity index is 2.23. The normalized spacial score (nSPS) is 11.2. The summed E-state index contributed by atoms with van der Waals surface area (Å²) in [6.07, 6.45) is -3.67. The van der Waals surface area contributed by atoms with E-state index < -0.39 is 11.7 Å². The van der Waals surface area contributed by atoms with Gasteiger partial charge in [0.05, 0.1) is 5.56 Å². The molecule has 0 aliphatic rings. The van der Waals surface area contributed by atoms with Crippen LogP contribution in [0.4, 0.5) is 18.9 Å². The zero-order valence-corrected chi connectivity index (χ0v) is 14.1. The van der Waals surface area contributed by atoms with E-state index >= 15 is 0 Å². The van der Waals surface area contributed by atoms with Crippen molar-refractivity contribution in [3.63, 3.8) is 0 Å². The Bertz CT molecular complexity index is 742. The summed E-state index contributed by atoms with van der Waals surface area (Å²) in [5.41, 5.74) is 0.947. The summed E-state index contributed by atoms with van der Waals surface area (Å²) >= 11 is 0. The molecule has 0 aromatic heterocycles. The third-order valence-electron chi connectivity index (χ3n) is 3.75. The number of carbonyl (C=O) groups excluding carboxylic acids is 1. The van der Waals surface area contributed by atoms with Crippen LogP contribution >= 0.6 is 0 Å². The number of nitrogens with one attached hydrogen (secondary N) is 1. The van der Waals surface area contributed by atoms with Crippen LogP contribution in [0.15, 0.2) is 42.5 Å². The minimum Gasteiger partial charge on any atom is -0.488 e. The molecular weight excluding hydrogens is 331 g/mol. The molecule has 0 aliphatic heterocycles. The second-order valence-corrected chi connectivity index (χ2v) is 5.53. The van der Waals surface area contributed by atoms with Crippen molar-refractivity contribution in [2.75, 3.05) is 5.32 Å². The van der Waals surface area contributed by atoms with Gasteiger partial charge in [-0.2, -0.15) is 13.2 Å². The van der Waals surface area contributed by atoms with Crippen LogP contribution in [0.5, 0.6) is 5.75 Å². The Hall–Kier alpha value is -2.50. The van der Waals surface area contributed by atoms with Crippen molar-refractivity contribution in [1.82, 2.24) is 0 Å². The highest BCUT2D eigenvalue weighted by Crippen LogP contribution is 2.37. The minimum atomic E-state index is -4.49. The lowest BCUT2D eigenvalue weighted by Gasteiger charge is -2.16. The number of alkyl halides is 3. The minimum absolute atomic E-state index is 0.0747. The van der Waals surface area contributed by atoms with Gasteiger partial charge in [0.2, 0.25) is 5.91 Å². The van der Waals surface area contributed by atoms with Crippen LogP contribution in [0.2, 0.25) is 0 Å². The van der Waals surface area contributed by atoms with Crippen LogP contribution in [0.25, 0.3) is 0 Å². The van der Waals surface area contributed by atoms with Crippen molar-refractivity contribution in [3.8, 4) is 5.75 Å². The van der Waals surface area contributed by atoms with Gasteiger partial charge in [-0.25, -0.2) is 0 Å². The maximum atomic E-state index is 13.3. The number of amides is 1. The number of rotatable bonds is 6. The lowest BCUT2D eigenvalue weighted by molar-refractivity contribution is -0.139. The van der Waals surface area contributed by atoms with E-state index in [0.717, 1.165) is 6.07 Å². The first-order chi connectivity index (χ1) is 11.8. The zero-order chi connectivity index (χ0) is 18.4. The molecule has 134 valence electrons. The third kappa shape index (κ3) is 4.98. The van der Waals surface area contributed by atoms with Crippen LogP contribution in [0.3, 0.4) is 0 Å². The van der Waals surface area contributed by atoms with Gasteiger partial charge in [-0.05, 0) is 30.2 Å². The van der Waals surface area contributed by atoms with Gasteiger partial charge in [0.15, 0.2) is 0 Å². The monoisotopic (exact) mass is 351 g/mol. The van der Waals surface area contributed by atoms with Crippen LogP contribution in [0, 0.1) is 0 Å². The Morgan fingerprint density at radius 2 is 1.84 bits per heavy atom. The number of anilines is 1. The van der Waals surface area contributed by atoms with Crippen LogP contribution in [0.1, 0.15) is 37.0 Å². The molecule has 2 aromatic rings. The Kier molecular flexibility index (Phi) is 6.07. The first-order valence-electron chi connectivity index (χ1n) is 8.05. The van der Waals surface area contributed by atoms with E-state index in [1.54, 1.807) is 44.2 Å². The highest BCUT2D eigenvalue weighted by atomic mass is 19.4. The Morgan fingerprint density at radius 3 is 2.48 bits per heavy atom. The van der Waals surface area contributed by atoms with Gasteiger partial charge in [-0.1, -0.05) is 38.1 Å². The topological polar surface area (TPSA) is 38.3 Å². The van der Waals surface area contributed by atoms with Crippen molar-refractivity contribution in [2.45, 2.75) is 39.5 Å². The lowest BCUT2D eigenvalue weighted by atomic mass is 10.1. The molecular formula is C19H20F3NO2. The van der Waals surface area contributed by atoms with E-state index in [1.807, 2.05) is 0 Å². The number of para-hydroxylation sites is 1. The fraction of sp³-hybridized carbons (Fsp3) is 0.316. The molecule has 2 aromatic carbocycles. The van der Waals surface area contributed by atoms with Crippen LogP contribution in [-0.4, -0.2) is 5.91 Å². The number of hydrogen-bond donors (Lipinski definition) is 1. The molecule has 6 heteroatoms. The number of benzene rings is 2. The van der Waals surface area contributed by atoms with Gasteiger partial charge in [0.1, 0.15) is 12.4 Å². The molecule has 0 unspecified atom stereocenters. The predicted molar refractivity (Wildman–Crippen MR) is 90.5 cm³/mol. The van der Waals surface area contributed by atoms with E-state index in [4.69, 9.17) is 4.74 Å². The predicted octanol–water partition coefficient (Wildman–Crippen LogP) is 5.20. The summed E-state index contributed by atoms with van der Waals surface area (Å²) in [4.78, 5) is 11.6. The number of hydrogen-bond acceptors (Lipinski definition) is 2. The Morgan fingerprint density at radius 1 is 1.12 bits per heavy atom. The maximum Gasteiger partial charge on any atom is 0.419 e. The Labute approximate surface area is 144 Å². The van der Waals surface area contributed by atoms with Crippen molar-refractivity contribution >= 4 is 11.6 Å².